The summed E-state index contributed by atoms with van der Waals surface area (Å²) in [6.45, 7) is 3.95. The molecule has 0 aliphatic heterocycles. The van der Waals surface area contributed by atoms with E-state index >= 15 is 0 Å². The van der Waals surface area contributed by atoms with Gasteiger partial charge < -0.3 is 15.2 Å². The van der Waals surface area contributed by atoms with E-state index in [1.807, 2.05) is 33.0 Å². The fourth-order valence-corrected chi connectivity index (χ4v) is 2.15. The van der Waals surface area contributed by atoms with Crippen molar-refractivity contribution in [3.8, 4) is 5.75 Å². The first-order valence-electron chi connectivity index (χ1n) is 6.35. The van der Waals surface area contributed by atoms with Crippen molar-refractivity contribution in [2.45, 2.75) is 38.8 Å². The molecule has 2 atom stereocenters. The van der Waals surface area contributed by atoms with Crippen LogP contribution in [0.4, 0.5) is 0 Å². The standard InChI is InChI=1S/C14H20BrNO3/c1-4-5-13(14(17)18)19-12-7-6-10(15)8-11(12)9(2)16-3/h6-9,13,16H,4-5H2,1-3H3,(H,17,18). The maximum absolute atomic E-state index is 11.2. The zero-order valence-electron chi connectivity index (χ0n) is 11.4. The van der Waals surface area contributed by atoms with E-state index in [1.165, 1.54) is 0 Å². The molecule has 0 saturated carbocycles. The lowest BCUT2D eigenvalue weighted by molar-refractivity contribution is -0.145. The Morgan fingerprint density at radius 3 is 2.74 bits per heavy atom. The SMILES string of the molecule is CCCC(Oc1ccc(Br)cc1C(C)NC)C(=O)O. The van der Waals surface area contributed by atoms with Crippen LogP contribution >= 0.6 is 15.9 Å². The zero-order chi connectivity index (χ0) is 14.4. The van der Waals surface area contributed by atoms with Crippen LogP contribution in [0.15, 0.2) is 22.7 Å². The number of hydrogen-bond acceptors (Lipinski definition) is 3. The van der Waals surface area contributed by atoms with Gasteiger partial charge in [-0.15, -0.1) is 0 Å². The van der Waals surface area contributed by atoms with Crippen molar-refractivity contribution in [1.82, 2.24) is 5.32 Å². The van der Waals surface area contributed by atoms with Crippen LogP contribution in [0.25, 0.3) is 0 Å². The van der Waals surface area contributed by atoms with Crippen LogP contribution in [-0.2, 0) is 4.79 Å². The highest BCUT2D eigenvalue weighted by Crippen LogP contribution is 2.29. The highest BCUT2D eigenvalue weighted by atomic mass is 79.9. The Hall–Kier alpha value is -1.07. The average molecular weight is 330 g/mol. The van der Waals surface area contributed by atoms with E-state index < -0.39 is 12.1 Å². The maximum Gasteiger partial charge on any atom is 0.344 e. The smallest absolute Gasteiger partial charge is 0.344 e. The molecule has 4 nitrogen and oxygen atoms in total. The molecule has 0 heterocycles. The van der Waals surface area contributed by atoms with Crippen LogP contribution in [0.2, 0.25) is 0 Å². The molecule has 2 unspecified atom stereocenters. The first-order valence-corrected chi connectivity index (χ1v) is 7.15. The zero-order valence-corrected chi connectivity index (χ0v) is 13.0. The Morgan fingerprint density at radius 1 is 1.53 bits per heavy atom. The number of carbonyl (C=O) groups is 1. The molecular weight excluding hydrogens is 310 g/mol. The topological polar surface area (TPSA) is 58.6 Å². The highest BCUT2D eigenvalue weighted by Gasteiger charge is 2.21. The van der Waals surface area contributed by atoms with Crippen molar-refractivity contribution >= 4 is 21.9 Å². The van der Waals surface area contributed by atoms with Gasteiger partial charge in [0, 0.05) is 16.1 Å². The van der Waals surface area contributed by atoms with Gasteiger partial charge in [0.15, 0.2) is 6.10 Å². The summed E-state index contributed by atoms with van der Waals surface area (Å²) in [6.07, 6.45) is 0.470. The van der Waals surface area contributed by atoms with Gasteiger partial charge in [0.1, 0.15) is 5.75 Å². The highest BCUT2D eigenvalue weighted by molar-refractivity contribution is 9.10. The third kappa shape index (κ3) is 4.51. The molecule has 0 amide bonds. The molecule has 5 heteroatoms. The number of carboxylic acids is 1. The van der Waals surface area contributed by atoms with Gasteiger partial charge in [-0.05, 0) is 38.6 Å². The predicted octanol–water partition coefficient (Wildman–Crippen LogP) is 3.36. The first-order chi connectivity index (χ1) is 8.99. The largest absolute Gasteiger partial charge is 0.479 e. The number of nitrogens with one attached hydrogen (secondary N) is 1. The molecule has 106 valence electrons. The van der Waals surface area contributed by atoms with Gasteiger partial charge in [0.05, 0.1) is 0 Å². The second-order valence-electron chi connectivity index (χ2n) is 4.43. The van der Waals surface area contributed by atoms with Crippen LogP contribution in [0.1, 0.15) is 38.3 Å². The molecule has 0 aromatic heterocycles. The summed E-state index contributed by atoms with van der Waals surface area (Å²) in [5, 5.41) is 12.3. The molecule has 0 aliphatic carbocycles. The Labute approximate surface area is 122 Å². The third-order valence-electron chi connectivity index (χ3n) is 2.97. The number of carboxylic acid groups (broad SMARTS) is 1. The Balaban J connectivity index is 3.01. The van der Waals surface area contributed by atoms with E-state index in [0.717, 1.165) is 16.5 Å². The predicted molar refractivity (Wildman–Crippen MR) is 78.6 cm³/mol. The van der Waals surface area contributed by atoms with E-state index in [2.05, 4.69) is 21.2 Å². The number of hydrogen-bond donors (Lipinski definition) is 2. The minimum Gasteiger partial charge on any atom is -0.479 e. The van der Waals surface area contributed by atoms with Crippen molar-refractivity contribution in [3.63, 3.8) is 0 Å². The third-order valence-corrected chi connectivity index (χ3v) is 3.46. The second kappa shape index (κ2) is 7.50. The van der Waals surface area contributed by atoms with Crippen molar-refractivity contribution in [2.75, 3.05) is 7.05 Å². The normalized spacial score (nSPS) is 13.9. The number of rotatable bonds is 7. The van der Waals surface area contributed by atoms with Crippen LogP contribution in [0, 0.1) is 0 Å². The number of aliphatic carboxylic acids is 1. The molecule has 2 N–H and O–H groups in total. The van der Waals surface area contributed by atoms with E-state index in [4.69, 9.17) is 9.84 Å². The molecule has 0 spiro atoms. The molecule has 0 fully saturated rings. The summed E-state index contributed by atoms with van der Waals surface area (Å²) in [7, 11) is 1.86. The molecular formula is C14H20BrNO3. The van der Waals surface area contributed by atoms with Gasteiger partial charge >= 0.3 is 5.97 Å². The molecule has 1 rings (SSSR count). The summed E-state index contributed by atoms with van der Waals surface area (Å²) in [5.74, 6) is -0.307. The lowest BCUT2D eigenvalue weighted by Crippen LogP contribution is -2.27. The van der Waals surface area contributed by atoms with E-state index in [9.17, 15) is 4.79 Å². The van der Waals surface area contributed by atoms with Crippen LogP contribution in [-0.4, -0.2) is 24.2 Å². The van der Waals surface area contributed by atoms with Gasteiger partial charge in [0.25, 0.3) is 0 Å². The fourth-order valence-electron chi connectivity index (χ4n) is 1.77. The maximum atomic E-state index is 11.2. The Kier molecular flexibility index (Phi) is 6.31. The minimum absolute atomic E-state index is 0.0866. The molecule has 0 bridgehead atoms. The molecule has 1 aromatic carbocycles. The Bertz CT molecular complexity index is 437. The fraction of sp³-hybridized carbons (Fsp3) is 0.500. The number of ether oxygens (including phenoxy) is 1. The van der Waals surface area contributed by atoms with Gasteiger partial charge in [-0.3, -0.25) is 0 Å². The van der Waals surface area contributed by atoms with Crippen molar-refractivity contribution in [3.05, 3.63) is 28.2 Å². The number of halogens is 1. The molecule has 0 aliphatic rings. The summed E-state index contributed by atoms with van der Waals surface area (Å²) in [4.78, 5) is 11.2. The molecule has 19 heavy (non-hydrogen) atoms. The van der Waals surface area contributed by atoms with Crippen LogP contribution in [0.5, 0.6) is 5.75 Å². The summed E-state index contributed by atoms with van der Waals surface area (Å²) < 4.78 is 6.61. The minimum atomic E-state index is -0.923. The van der Waals surface area contributed by atoms with Gasteiger partial charge in [-0.1, -0.05) is 29.3 Å². The number of benzene rings is 1. The summed E-state index contributed by atoms with van der Waals surface area (Å²) >= 11 is 3.42. The average Bonchev–Trinajstić information content (AvgIpc) is 2.38. The molecule has 0 radical (unpaired) electrons. The van der Waals surface area contributed by atoms with Gasteiger partial charge in [-0.25, -0.2) is 4.79 Å². The summed E-state index contributed by atoms with van der Waals surface area (Å²) in [5.41, 5.74) is 0.944. The van der Waals surface area contributed by atoms with E-state index in [-0.39, 0.29) is 6.04 Å². The van der Waals surface area contributed by atoms with Crippen molar-refractivity contribution < 1.29 is 14.6 Å². The van der Waals surface area contributed by atoms with Gasteiger partial charge in [-0.2, -0.15) is 0 Å². The molecule has 1 aromatic rings. The van der Waals surface area contributed by atoms with E-state index in [0.29, 0.717) is 12.2 Å². The monoisotopic (exact) mass is 329 g/mol. The van der Waals surface area contributed by atoms with Crippen molar-refractivity contribution in [1.29, 1.82) is 0 Å². The lowest BCUT2D eigenvalue weighted by Gasteiger charge is -2.20. The quantitative estimate of drug-likeness (QED) is 0.805. The molecule has 0 saturated heterocycles. The van der Waals surface area contributed by atoms with Gasteiger partial charge in [0.2, 0.25) is 0 Å². The Morgan fingerprint density at radius 2 is 2.21 bits per heavy atom. The van der Waals surface area contributed by atoms with Crippen molar-refractivity contribution in [2.24, 2.45) is 0 Å². The first kappa shape index (κ1) is 16.0. The lowest BCUT2D eigenvalue weighted by atomic mass is 10.1. The van der Waals surface area contributed by atoms with Crippen LogP contribution in [0.3, 0.4) is 0 Å². The second-order valence-corrected chi connectivity index (χ2v) is 5.34. The van der Waals surface area contributed by atoms with Crippen LogP contribution < -0.4 is 10.1 Å². The van der Waals surface area contributed by atoms with E-state index in [1.54, 1.807) is 6.07 Å². The summed E-state index contributed by atoms with van der Waals surface area (Å²) in [6, 6.07) is 5.69.